The molecule has 0 unspecified atom stereocenters. The average molecular weight is 390 g/mol. The van der Waals surface area contributed by atoms with Gasteiger partial charge in [0.2, 0.25) is 0 Å². The maximum absolute atomic E-state index is 11.7. The van der Waals surface area contributed by atoms with E-state index in [1.165, 1.54) is 36.4 Å². The number of ether oxygens (including phenoxy) is 1. The molecule has 0 aliphatic carbocycles. The van der Waals surface area contributed by atoms with Crippen molar-refractivity contribution in [1.29, 1.82) is 0 Å². The minimum atomic E-state index is -0.565. The standard InChI is InChI=1S/C18H16ClN3O5/c1-12-10-14(19)5-8-16(12)27-11-18(24)21-20-17(23)9-4-13-2-6-15(7-3-13)22(25)26/h2-10H,11H2,1H3,(H,20,23)(H,21,24)/b9-4+. The number of hydrogen-bond donors (Lipinski definition) is 2. The summed E-state index contributed by atoms with van der Waals surface area (Å²) in [4.78, 5) is 33.5. The number of amides is 2. The molecule has 0 aliphatic rings. The first-order chi connectivity index (χ1) is 12.8. The molecule has 27 heavy (non-hydrogen) atoms. The van der Waals surface area contributed by atoms with Crippen LogP contribution in [0, 0.1) is 17.0 Å². The summed E-state index contributed by atoms with van der Waals surface area (Å²) >= 11 is 5.84. The highest BCUT2D eigenvalue weighted by molar-refractivity contribution is 6.30. The molecule has 9 heteroatoms. The number of nitrogens with one attached hydrogen (secondary N) is 2. The first-order valence-electron chi connectivity index (χ1n) is 7.75. The molecule has 140 valence electrons. The molecular weight excluding hydrogens is 374 g/mol. The molecule has 0 aromatic heterocycles. The maximum Gasteiger partial charge on any atom is 0.276 e. The molecule has 0 bridgehead atoms. The van der Waals surface area contributed by atoms with E-state index in [0.717, 1.165) is 5.56 Å². The second-order valence-corrected chi connectivity index (χ2v) is 5.85. The number of aryl methyl sites for hydroxylation is 1. The number of carbonyl (C=O) groups excluding carboxylic acids is 2. The molecule has 0 heterocycles. The number of hydrogen-bond acceptors (Lipinski definition) is 5. The monoisotopic (exact) mass is 389 g/mol. The van der Waals surface area contributed by atoms with E-state index < -0.39 is 16.7 Å². The third-order valence-corrected chi connectivity index (χ3v) is 3.59. The SMILES string of the molecule is Cc1cc(Cl)ccc1OCC(=O)NNC(=O)/C=C/c1ccc([N+](=O)[O-])cc1. The van der Waals surface area contributed by atoms with Crippen molar-refractivity contribution in [2.75, 3.05) is 6.61 Å². The number of hydrazine groups is 1. The fourth-order valence-corrected chi connectivity index (χ4v) is 2.23. The Labute approximate surface area is 159 Å². The van der Waals surface area contributed by atoms with Gasteiger partial charge in [-0.2, -0.15) is 0 Å². The van der Waals surface area contributed by atoms with Gasteiger partial charge in [0.05, 0.1) is 4.92 Å². The summed E-state index contributed by atoms with van der Waals surface area (Å²) in [6.45, 7) is 1.51. The van der Waals surface area contributed by atoms with Crippen LogP contribution in [0.25, 0.3) is 6.08 Å². The summed E-state index contributed by atoms with van der Waals surface area (Å²) in [6.07, 6.45) is 2.64. The summed E-state index contributed by atoms with van der Waals surface area (Å²) in [6, 6.07) is 10.7. The summed E-state index contributed by atoms with van der Waals surface area (Å²) in [7, 11) is 0. The van der Waals surface area contributed by atoms with E-state index in [4.69, 9.17) is 16.3 Å². The van der Waals surface area contributed by atoms with Gasteiger partial charge in [-0.1, -0.05) is 11.6 Å². The van der Waals surface area contributed by atoms with Crippen LogP contribution in [-0.4, -0.2) is 23.3 Å². The van der Waals surface area contributed by atoms with E-state index in [-0.39, 0.29) is 12.3 Å². The number of benzene rings is 2. The van der Waals surface area contributed by atoms with Gasteiger partial charge in [0.25, 0.3) is 17.5 Å². The number of nitro benzene ring substituents is 1. The Balaban J connectivity index is 1.77. The van der Waals surface area contributed by atoms with E-state index in [1.807, 2.05) is 0 Å². The Bertz CT molecular complexity index is 881. The predicted octanol–water partition coefficient (Wildman–Crippen LogP) is 2.80. The Morgan fingerprint density at radius 2 is 1.89 bits per heavy atom. The molecule has 0 radical (unpaired) electrons. The number of carbonyl (C=O) groups is 2. The second kappa shape index (κ2) is 9.35. The lowest BCUT2D eigenvalue weighted by molar-refractivity contribution is -0.384. The summed E-state index contributed by atoms with van der Waals surface area (Å²) in [5, 5.41) is 11.1. The van der Waals surface area contributed by atoms with Crippen LogP contribution >= 0.6 is 11.6 Å². The van der Waals surface area contributed by atoms with Crippen molar-refractivity contribution < 1.29 is 19.2 Å². The van der Waals surface area contributed by atoms with Crippen LogP contribution in [0.3, 0.4) is 0 Å². The van der Waals surface area contributed by atoms with Gasteiger partial charge in [0.1, 0.15) is 5.75 Å². The molecule has 0 spiro atoms. The number of rotatable bonds is 6. The fourth-order valence-electron chi connectivity index (χ4n) is 2.01. The van der Waals surface area contributed by atoms with Crippen molar-refractivity contribution in [3.05, 3.63) is 74.8 Å². The molecular formula is C18H16ClN3O5. The number of nitrogens with zero attached hydrogens (tertiary/aromatic N) is 1. The van der Waals surface area contributed by atoms with Crippen LogP contribution in [0.5, 0.6) is 5.75 Å². The van der Waals surface area contributed by atoms with Gasteiger partial charge in [-0.05, 0) is 54.5 Å². The van der Waals surface area contributed by atoms with Crippen LogP contribution in [0.2, 0.25) is 5.02 Å². The van der Waals surface area contributed by atoms with Gasteiger partial charge < -0.3 is 4.74 Å². The molecule has 0 atom stereocenters. The fraction of sp³-hybridized carbons (Fsp3) is 0.111. The number of nitro groups is 1. The molecule has 2 N–H and O–H groups in total. The number of halogens is 1. The van der Waals surface area contributed by atoms with Gasteiger partial charge in [-0.15, -0.1) is 0 Å². The van der Waals surface area contributed by atoms with E-state index in [9.17, 15) is 19.7 Å². The quantitative estimate of drug-likeness (QED) is 0.448. The largest absolute Gasteiger partial charge is 0.483 e. The normalized spacial score (nSPS) is 10.4. The number of non-ortho nitro benzene ring substituents is 1. The van der Waals surface area contributed by atoms with Gasteiger partial charge in [0.15, 0.2) is 6.61 Å². The zero-order chi connectivity index (χ0) is 19.8. The topological polar surface area (TPSA) is 111 Å². The van der Waals surface area contributed by atoms with Crippen LogP contribution in [-0.2, 0) is 9.59 Å². The van der Waals surface area contributed by atoms with Gasteiger partial charge >= 0.3 is 0 Å². The minimum absolute atomic E-state index is 0.0419. The molecule has 0 fully saturated rings. The molecule has 2 aromatic rings. The van der Waals surface area contributed by atoms with Crippen LogP contribution < -0.4 is 15.6 Å². The smallest absolute Gasteiger partial charge is 0.276 e. The van der Waals surface area contributed by atoms with Crippen LogP contribution in [0.4, 0.5) is 5.69 Å². The minimum Gasteiger partial charge on any atom is -0.483 e. The lowest BCUT2D eigenvalue weighted by Gasteiger charge is -2.09. The van der Waals surface area contributed by atoms with Gasteiger partial charge in [-0.25, -0.2) is 0 Å². The van der Waals surface area contributed by atoms with E-state index >= 15 is 0 Å². The Morgan fingerprint density at radius 1 is 1.19 bits per heavy atom. The van der Waals surface area contributed by atoms with E-state index in [2.05, 4.69) is 10.9 Å². The average Bonchev–Trinajstić information content (AvgIpc) is 2.64. The highest BCUT2D eigenvalue weighted by Crippen LogP contribution is 2.21. The van der Waals surface area contributed by atoms with Crippen LogP contribution in [0.15, 0.2) is 48.5 Å². The van der Waals surface area contributed by atoms with Gasteiger partial charge in [-0.3, -0.25) is 30.6 Å². The summed E-state index contributed by atoms with van der Waals surface area (Å²) in [5.41, 5.74) is 5.76. The predicted molar refractivity (Wildman–Crippen MR) is 100 cm³/mol. The zero-order valence-electron chi connectivity index (χ0n) is 14.3. The first-order valence-corrected chi connectivity index (χ1v) is 8.13. The highest BCUT2D eigenvalue weighted by Gasteiger charge is 2.06. The lowest BCUT2D eigenvalue weighted by atomic mass is 10.2. The molecule has 0 saturated carbocycles. The summed E-state index contributed by atoms with van der Waals surface area (Å²) < 4.78 is 5.35. The van der Waals surface area contributed by atoms with Crippen molar-refractivity contribution in [3.8, 4) is 5.75 Å². The second-order valence-electron chi connectivity index (χ2n) is 5.42. The van der Waals surface area contributed by atoms with Crippen molar-refractivity contribution in [2.24, 2.45) is 0 Å². The van der Waals surface area contributed by atoms with E-state index in [0.29, 0.717) is 16.3 Å². The third kappa shape index (κ3) is 6.44. The maximum atomic E-state index is 11.7. The Kier molecular flexibility index (Phi) is 6.90. The van der Waals surface area contributed by atoms with E-state index in [1.54, 1.807) is 25.1 Å². The molecule has 2 aromatic carbocycles. The van der Waals surface area contributed by atoms with Crippen molar-refractivity contribution in [2.45, 2.75) is 6.92 Å². The Morgan fingerprint density at radius 3 is 2.52 bits per heavy atom. The molecule has 2 amide bonds. The molecule has 2 rings (SSSR count). The zero-order valence-corrected chi connectivity index (χ0v) is 15.0. The highest BCUT2D eigenvalue weighted by atomic mass is 35.5. The van der Waals surface area contributed by atoms with Crippen molar-refractivity contribution >= 4 is 35.2 Å². The first kappa shape index (κ1) is 19.9. The van der Waals surface area contributed by atoms with Crippen molar-refractivity contribution in [1.82, 2.24) is 10.9 Å². The molecule has 0 saturated heterocycles. The lowest BCUT2D eigenvalue weighted by Crippen LogP contribution is -2.43. The van der Waals surface area contributed by atoms with Crippen LogP contribution in [0.1, 0.15) is 11.1 Å². The van der Waals surface area contributed by atoms with Gasteiger partial charge in [0, 0.05) is 23.2 Å². The van der Waals surface area contributed by atoms with Crippen molar-refractivity contribution in [3.63, 3.8) is 0 Å². The Hall–Kier alpha value is -3.39. The third-order valence-electron chi connectivity index (χ3n) is 3.35. The molecule has 8 nitrogen and oxygen atoms in total. The summed E-state index contributed by atoms with van der Waals surface area (Å²) in [5.74, 6) is -0.593. The molecule has 0 aliphatic heterocycles.